The summed E-state index contributed by atoms with van der Waals surface area (Å²) in [6.45, 7) is -0.157. The largest absolute Gasteiger partial charge is 0.504 e. The fourth-order valence-corrected chi connectivity index (χ4v) is 2.52. The summed E-state index contributed by atoms with van der Waals surface area (Å²) in [7, 11) is 1.47. The number of hydrazone groups is 1. The molecule has 0 bridgehead atoms. The third-order valence-electron chi connectivity index (χ3n) is 3.94. The molecule has 0 unspecified atom stereocenters. The van der Waals surface area contributed by atoms with E-state index >= 15 is 0 Å². The van der Waals surface area contributed by atoms with Crippen LogP contribution >= 0.6 is 0 Å². The summed E-state index contributed by atoms with van der Waals surface area (Å²) in [4.78, 5) is 11.8. The van der Waals surface area contributed by atoms with Crippen LogP contribution < -0.4 is 14.9 Å². The Bertz CT molecular complexity index is 954. The molecule has 3 aromatic carbocycles. The highest BCUT2D eigenvalue weighted by molar-refractivity contribution is 5.83. The highest BCUT2D eigenvalue weighted by atomic mass is 16.5. The topological polar surface area (TPSA) is 80.2 Å². The number of hydrogen-bond acceptors (Lipinski definition) is 5. The van der Waals surface area contributed by atoms with Crippen LogP contribution in [0.4, 0.5) is 0 Å². The van der Waals surface area contributed by atoms with Gasteiger partial charge in [-0.2, -0.15) is 5.10 Å². The minimum atomic E-state index is -0.388. The quantitative estimate of drug-likeness (QED) is 0.488. The van der Waals surface area contributed by atoms with E-state index in [9.17, 15) is 9.90 Å². The van der Waals surface area contributed by atoms with Crippen LogP contribution in [0.25, 0.3) is 11.1 Å². The van der Waals surface area contributed by atoms with Gasteiger partial charge in [0.1, 0.15) is 5.75 Å². The minimum absolute atomic E-state index is 0.0000551. The molecule has 2 N–H and O–H groups in total. The maximum Gasteiger partial charge on any atom is 0.277 e. The zero-order valence-corrected chi connectivity index (χ0v) is 15.3. The van der Waals surface area contributed by atoms with E-state index in [1.165, 1.54) is 19.4 Å². The highest BCUT2D eigenvalue weighted by Gasteiger charge is 2.03. The van der Waals surface area contributed by atoms with Crippen LogP contribution in [0.5, 0.6) is 17.2 Å². The number of carbonyl (C=O) groups excluding carboxylic acids is 1. The van der Waals surface area contributed by atoms with Gasteiger partial charge in [-0.1, -0.05) is 42.5 Å². The molecule has 0 atom stereocenters. The lowest BCUT2D eigenvalue weighted by Gasteiger charge is -2.07. The third-order valence-corrected chi connectivity index (χ3v) is 3.94. The van der Waals surface area contributed by atoms with Gasteiger partial charge in [-0.15, -0.1) is 0 Å². The van der Waals surface area contributed by atoms with Crippen LogP contribution in [0, 0.1) is 0 Å². The van der Waals surface area contributed by atoms with Crippen molar-refractivity contribution in [2.75, 3.05) is 13.7 Å². The monoisotopic (exact) mass is 376 g/mol. The van der Waals surface area contributed by atoms with Crippen molar-refractivity contribution >= 4 is 12.1 Å². The van der Waals surface area contributed by atoms with E-state index in [2.05, 4.69) is 10.5 Å². The predicted molar refractivity (Wildman–Crippen MR) is 108 cm³/mol. The number of rotatable bonds is 7. The number of nitrogens with zero attached hydrogens (tertiary/aromatic N) is 1. The van der Waals surface area contributed by atoms with Crippen LogP contribution in [-0.4, -0.2) is 30.9 Å². The summed E-state index contributed by atoms with van der Waals surface area (Å²) in [5.74, 6) is 0.577. The van der Waals surface area contributed by atoms with Gasteiger partial charge in [-0.05, 0) is 47.0 Å². The van der Waals surface area contributed by atoms with Gasteiger partial charge in [0.05, 0.1) is 13.3 Å². The van der Waals surface area contributed by atoms with Crippen molar-refractivity contribution in [1.82, 2.24) is 5.43 Å². The number of methoxy groups -OCH3 is 1. The normalized spacial score (nSPS) is 10.6. The van der Waals surface area contributed by atoms with Crippen molar-refractivity contribution in [3.63, 3.8) is 0 Å². The van der Waals surface area contributed by atoms with E-state index in [-0.39, 0.29) is 18.3 Å². The van der Waals surface area contributed by atoms with Gasteiger partial charge in [0.25, 0.3) is 5.91 Å². The van der Waals surface area contributed by atoms with Crippen molar-refractivity contribution in [3.8, 4) is 28.4 Å². The SMILES string of the molecule is COc1ccc(/C=N/NC(=O)COc2ccc(-c3ccccc3)cc2)cc1O. The molecule has 0 heterocycles. The number of phenols is 1. The molecule has 0 spiro atoms. The second-order valence-electron chi connectivity index (χ2n) is 5.90. The first-order chi connectivity index (χ1) is 13.7. The van der Waals surface area contributed by atoms with Crippen molar-refractivity contribution in [2.45, 2.75) is 0 Å². The molecule has 0 aliphatic carbocycles. The summed E-state index contributed by atoms with van der Waals surface area (Å²) in [6.07, 6.45) is 1.42. The number of carbonyl (C=O) groups is 1. The Morgan fingerprint density at radius 1 is 1.04 bits per heavy atom. The number of amides is 1. The summed E-state index contributed by atoms with van der Waals surface area (Å²) in [5.41, 5.74) is 5.19. The van der Waals surface area contributed by atoms with Crippen molar-refractivity contribution in [1.29, 1.82) is 0 Å². The summed E-state index contributed by atoms with van der Waals surface area (Å²) < 4.78 is 10.4. The van der Waals surface area contributed by atoms with Crippen LogP contribution in [0.2, 0.25) is 0 Å². The third kappa shape index (κ3) is 5.11. The fourth-order valence-electron chi connectivity index (χ4n) is 2.52. The first-order valence-corrected chi connectivity index (χ1v) is 8.63. The number of hydrogen-bond donors (Lipinski definition) is 2. The molecule has 3 rings (SSSR count). The predicted octanol–water partition coefficient (Wildman–Crippen LogP) is 3.60. The first-order valence-electron chi connectivity index (χ1n) is 8.63. The average molecular weight is 376 g/mol. The number of phenolic OH excluding ortho intramolecular Hbond substituents is 1. The van der Waals surface area contributed by atoms with Gasteiger partial charge in [0.2, 0.25) is 0 Å². The van der Waals surface area contributed by atoms with Gasteiger partial charge in [-0.3, -0.25) is 4.79 Å². The molecule has 0 fully saturated rings. The van der Waals surface area contributed by atoms with Gasteiger partial charge in [-0.25, -0.2) is 5.43 Å². The zero-order valence-electron chi connectivity index (χ0n) is 15.3. The average Bonchev–Trinajstić information content (AvgIpc) is 2.73. The minimum Gasteiger partial charge on any atom is -0.504 e. The smallest absolute Gasteiger partial charge is 0.277 e. The van der Waals surface area contributed by atoms with E-state index in [4.69, 9.17) is 9.47 Å². The molecular weight excluding hydrogens is 356 g/mol. The Balaban J connectivity index is 1.48. The standard InChI is InChI=1S/C22H20N2O4/c1-27-21-12-7-16(13-20(21)25)14-23-24-22(26)15-28-19-10-8-18(9-11-19)17-5-3-2-4-6-17/h2-14,25H,15H2,1H3,(H,24,26)/b23-14+. The van der Waals surface area contributed by atoms with Gasteiger partial charge in [0.15, 0.2) is 18.1 Å². The highest BCUT2D eigenvalue weighted by Crippen LogP contribution is 2.25. The maximum atomic E-state index is 11.8. The Morgan fingerprint density at radius 3 is 2.43 bits per heavy atom. The molecule has 0 aromatic heterocycles. The van der Waals surface area contributed by atoms with Crippen LogP contribution in [-0.2, 0) is 4.79 Å². The van der Waals surface area contributed by atoms with Crippen LogP contribution in [0.15, 0.2) is 77.9 Å². The molecule has 6 nitrogen and oxygen atoms in total. The van der Waals surface area contributed by atoms with E-state index in [0.29, 0.717) is 17.1 Å². The Morgan fingerprint density at radius 2 is 1.75 bits per heavy atom. The van der Waals surface area contributed by atoms with Crippen LogP contribution in [0.1, 0.15) is 5.56 Å². The maximum absolute atomic E-state index is 11.8. The fraction of sp³-hybridized carbons (Fsp3) is 0.0909. The summed E-state index contributed by atoms with van der Waals surface area (Å²) in [5, 5.41) is 13.6. The molecule has 28 heavy (non-hydrogen) atoms. The zero-order chi connectivity index (χ0) is 19.8. The summed E-state index contributed by atoms with van der Waals surface area (Å²) >= 11 is 0. The first kappa shape index (κ1) is 19.0. The second-order valence-corrected chi connectivity index (χ2v) is 5.90. The van der Waals surface area contributed by atoms with Gasteiger partial charge >= 0.3 is 0 Å². The number of nitrogens with one attached hydrogen (secondary N) is 1. The number of benzene rings is 3. The Labute approximate surface area is 163 Å². The molecule has 0 radical (unpaired) electrons. The van der Waals surface area contributed by atoms with Crippen LogP contribution in [0.3, 0.4) is 0 Å². The molecule has 0 saturated carbocycles. The lowest BCUT2D eigenvalue weighted by molar-refractivity contribution is -0.123. The number of ether oxygens (including phenoxy) is 2. The van der Waals surface area contributed by atoms with Crippen molar-refractivity contribution < 1.29 is 19.4 Å². The van der Waals surface area contributed by atoms with Gasteiger partial charge < -0.3 is 14.6 Å². The summed E-state index contributed by atoms with van der Waals surface area (Å²) in [6, 6.07) is 22.3. The Kier molecular flexibility index (Phi) is 6.25. The van der Waals surface area contributed by atoms with E-state index in [1.807, 2.05) is 54.6 Å². The molecule has 0 aliphatic rings. The lowest BCUT2D eigenvalue weighted by atomic mass is 10.1. The second kappa shape index (κ2) is 9.23. The van der Waals surface area contributed by atoms with E-state index < -0.39 is 0 Å². The van der Waals surface area contributed by atoms with Crippen molar-refractivity contribution in [2.24, 2.45) is 5.10 Å². The molecule has 1 amide bonds. The lowest BCUT2D eigenvalue weighted by Crippen LogP contribution is -2.24. The molecule has 0 saturated heterocycles. The number of aromatic hydroxyl groups is 1. The van der Waals surface area contributed by atoms with Gasteiger partial charge in [0, 0.05) is 0 Å². The van der Waals surface area contributed by atoms with Crippen molar-refractivity contribution in [3.05, 3.63) is 78.4 Å². The molecular formula is C22H20N2O4. The molecule has 0 aliphatic heterocycles. The molecule has 6 heteroatoms. The molecule has 3 aromatic rings. The Hall–Kier alpha value is -3.80. The molecule has 142 valence electrons. The van der Waals surface area contributed by atoms with E-state index in [1.54, 1.807) is 12.1 Å². The van der Waals surface area contributed by atoms with E-state index in [0.717, 1.165) is 11.1 Å².